The van der Waals surface area contributed by atoms with Gasteiger partial charge in [-0.15, -0.1) is 0 Å². The van der Waals surface area contributed by atoms with Gasteiger partial charge in [-0.05, 0) is 18.6 Å². The van der Waals surface area contributed by atoms with Crippen molar-refractivity contribution in [2.45, 2.75) is 33.3 Å². The summed E-state index contributed by atoms with van der Waals surface area (Å²) in [6.07, 6.45) is 0. The molecule has 0 saturated carbocycles. The first-order valence-electron chi connectivity index (χ1n) is 7.13. The van der Waals surface area contributed by atoms with Gasteiger partial charge in [-0.1, -0.05) is 30.6 Å². The van der Waals surface area contributed by atoms with Gasteiger partial charge in [0.2, 0.25) is 0 Å². The van der Waals surface area contributed by atoms with Crippen molar-refractivity contribution >= 4 is 22.6 Å². The summed E-state index contributed by atoms with van der Waals surface area (Å²) in [6, 6.07) is 4.72. The molecule has 1 aromatic carbocycles. The van der Waals surface area contributed by atoms with Crippen LogP contribution in [-0.4, -0.2) is 10.1 Å². The maximum absolute atomic E-state index is 11.5. The van der Waals surface area contributed by atoms with Crippen LogP contribution >= 0.6 is 11.6 Å². The van der Waals surface area contributed by atoms with Gasteiger partial charge in [0.15, 0.2) is 12.4 Å². The van der Waals surface area contributed by atoms with E-state index in [0.29, 0.717) is 28.1 Å². The highest BCUT2D eigenvalue weighted by Crippen LogP contribution is 2.31. The molecule has 0 spiro atoms. The van der Waals surface area contributed by atoms with E-state index in [4.69, 9.17) is 25.3 Å². The molecule has 0 aliphatic carbocycles. The molecule has 7 heteroatoms. The summed E-state index contributed by atoms with van der Waals surface area (Å²) in [4.78, 5) is 15.7. The van der Waals surface area contributed by atoms with Crippen LogP contribution in [0.4, 0.5) is 0 Å². The van der Waals surface area contributed by atoms with Crippen LogP contribution in [0.5, 0.6) is 5.75 Å². The second kappa shape index (κ2) is 6.04. The molecule has 120 valence electrons. The molecule has 0 radical (unpaired) electrons. The Balaban J connectivity index is 1.87. The Bertz CT molecular complexity index is 914. The van der Waals surface area contributed by atoms with Crippen molar-refractivity contribution in [2.75, 3.05) is 0 Å². The van der Waals surface area contributed by atoms with E-state index in [2.05, 4.69) is 10.1 Å². The first-order chi connectivity index (χ1) is 10.9. The summed E-state index contributed by atoms with van der Waals surface area (Å²) >= 11 is 6.23. The predicted octanol–water partition coefficient (Wildman–Crippen LogP) is 3.84. The van der Waals surface area contributed by atoms with Crippen LogP contribution in [-0.2, 0) is 6.61 Å². The predicted molar refractivity (Wildman–Crippen MR) is 85.0 cm³/mol. The van der Waals surface area contributed by atoms with Gasteiger partial charge in [-0.25, -0.2) is 4.79 Å². The maximum atomic E-state index is 11.5. The maximum Gasteiger partial charge on any atom is 0.336 e. The monoisotopic (exact) mass is 334 g/mol. The lowest BCUT2D eigenvalue weighted by molar-refractivity contribution is 0.242. The molecule has 3 rings (SSSR count). The molecule has 0 fully saturated rings. The lowest BCUT2D eigenvalue weighted by Gasteiger charge is -2.08. The molecule has 6 nitrogen and oxygen atoms in total. The van der Waals surface area contributed by atoms with Gasteiger partial charge < -0.3 is 13.7 Å². The van der Waals surface area contributed by atoms with Crippen molar-refractivity contribution in [2.24, 2.45) is 0 Å². The van der Waals surface area contributed by atoms with Crippen molar-refractivity contribution in [1.82, 2.24) is 10.1 Å². The number of nitrogens with zero attached hydrogens (tertiary/aromatic N) is 2. The fourth-order valence-corrected chi connectivity index (χ4v) is 2.35. The first kappa shape index (κ1) is 15.6. The molecule has 0 amide bonds. The Labute approximate surface area is 137 Å². The topological polar surface area (TPSA) is 78.4 Å². The quantitative estimate of drug-likeness (QED) is 0.674. The fourth-order valence-electron chi connectivity index (χ4n) is 2.13. The molecular formula is C16H15ClN2O4. The number of benzene rings is 1. The second-order valence-electron chi connectivity index (χ2n) is 5.52. The molecule has 0 N–H and O–H groups in total. The first-order valence-corrected chi connectivity index (χ1v) is 7.51. The molecule has 0 aliphatic heterocycles. The van der Waals surface area contributed by atoms with E-state index in [-0.39, 0.29) is 12.5 Å². The van der Waals surface area contributed by atoms with Gasteiger partial charge in [-0.2, -0.15) is 4.98 Å². The molecule has 2 aromatic heterocycles. The molecule has 0 aliphatic rings. The SMILES string of the molecule is Cc1cc(=O)oc2cc(OCc3nc(C(C)C)no3)c(Cl)cc12. The minimum absolute atomic E-state index is 0.0843. The Hall–Kier alpha value is -2.34. The molecule has 0 saturated heterocycles. The number of hydrogen-bond acceptors (Lipinski definition) is 6. The molecule has 2 heterocycles. The third-order valence-corrected chi connectivity index (χ3v) is 3.65. The van der Waals surface area contributed by atoms with Crippen LogP contribution in [0.1, 0.15) is 37.0 Å². The molecule has 3 aromatic rings. The van der Waals surface area contributed by atoms with Gasteiger partial charge in [0.05, 0.1) is 5.02 Å². The van der Waals surface area contributed by atoms with E-state index in [1.165, 1.54) is 6.07 Å². The van der Waals surface area contributed by atoms with Crippen molar-refractivity contribution in [3.8, 4) is 5.75 Å². The Morgan fingerprint density at radius 1 is 1.30 bits per heavy atom. The van der Waals surface area contributed by atoms with Crippen LogP contribution < -0.4 is 10.4 Å². The van der Waals surface area contributed by atoms with Gasteiger partial charge in [0.25, 0.3) is 5.89 Å². The Kier molecular flexibility index (Phi) is 4.09. The summed E-state index contributed by atoms with van der Waals surface area (Å²) in [5.41, 5.74) is 0.799. The molecule has 0 unspecified atom stereocenters. The average Bonchev–Trinajstić information content (AvgIpc) is 2.95. The largest absolute Gasteiger partial charge is 0.482 e. The van der Waals surface area contributed by atoms with Gasteiger partial charge in [0, 0.05) is 23.4 Å². The normalized spacial score (nSPS) is 11.3. The molecule has 23 heavy (non-hydrogen) atoms. The zero-order chi connectivity index (χ0) is 16.6. The number of hydrogen-bond donors (Lipinski definition) is 0. The highest BCUT2D eigenvalue weighted by molar-refractivity contribution is 6.32. The summed E-state index contributed by atoms with van der Waals surface area (Å²) < 4.78 is 15.9. The van der Waals surface area contributed by atoms with Gasteiger partial charge in [-0.3, -0.25) is 0 Å². The number of fused-ring (bicyclic) bond motifs is 1. The van der Waals surface area contributed by atoms with Crippen LogP contribution in [0.25, 0.3) is 11.0 Å². The minimum Gasteiger partial charge on any atom is -0.482 e. The number of aryl methyl sites for hydroxylation is 1. The smallest absolute Gasteiger partial charge is 0.336 e. The molecular weight excluding hydrogens is 320 g/mol. The zero-order valence-corrected chi connectivity index (χ0v) is 13.7. The summed E-state index contributed by atoms with van der Waals surface area (Å²) in [5, 5.41) is 5.05. The number of rotatable bonds is 4. The van der Waals surface area contributed by atoms with E-state index in [1.54, 1.807) is 12.1 Å². The minimum atomic E-state index is -0.415. The van der Waals surface area contributed by atoms with E-state index >= 15 is 0 Å². The van der Waals surface area contributed by atoms with Crippen molar-refractivity contribution < 1.29 is 13.7 Å². The summed E-state index contributed by atoms with van der Waals surface area (Å²) in [7, 11) is 0. The van der Waals surface area contributed by atoms with Crippen molar-refractivity contribution in [3.63, 3.8) is 0 Å². The average molecular weight is 335 g/mol. The highest BCUT2D eigenvalue weighted by atomic mass is 35.5. The van der Waals surface area contributed by atoms with Crippen LogP contribution in [0.15, 0.2) is 31.9 Å². The summed E-state index contributed by atoms with van der Waals surface area (Å²) in [6.45, 7) is 5.85. The second-order valence-corrected chi connectivity index (χ2v) is 5.92. The number of ether oxygens (including phenoxy) is 1. The lowest BCUT2D eigenvalue weighted by atomic mass is 10.1. The van der Waals surface area contributed by atoms with Crippen LogP contribution in [0.3, 0.4) is 0 Å². The number of aromatic nitrogens is 2. The third-order valence-electron chi connectivity index (χ3n) is 3.36. The highest BCUT2D eigenvalue weighted by Gasteiger charge is 2.13. The number of halogens is 1. The van der Waals surface area contributed by atoms with Gasteiger partial charge in [0.1, 0.15) is 11.3 Å². The Morgan fingerprint density at radius 2 is 2.09 bits per heavy atom. The zero-order valence-electron chi connectivity index (χ0n) is 12.9. The summed E-state index contributed by atoms with van der Waals surface area (Å²) in [5.74, 6) is 1.54. The lowest BCUT2D eigenvalue weighted by Crippen LogP contribution is -2.00. The third kappa shape index (κ3) is 3.22. The van der Waals surface area contributed by atoms with E-state index < -0.39 is 5.63 Å². The van der Waals surface area contributed by atoms with Crippen molar-refractivity contribution in [3.05, 3.63) is 50.9 Å². The van der Waals surface area contributed by atoms with E-state index in [1.807, 2.05) is 20.8 Å². The van der Waals surface area contributed by atoms with Gasteiger partial charge >= 0.3 is 5.63 Å². The van der Waals surface area contributed by atoms with Crippen LogP contribution in [0.2, 0.25) is 5.02 Å². The van der Waals surface area contributed by atoms with E-state index in [9.17, 15) is 4.79 Å². The Morgan fingerprint density at radius 3 is 2.78 bits per heavy atom. The molecule has 0 atom stereocenters. The standard InChI is InChI=1S/C16H15ClN2O4/c1-8(2)16-18-14(23-19-16)7-21-13-6-12-10(5-11(13)17)9(3)4-15(20)22-12/h4-6,8H,7H2,1-3H3. The van der Waals surface area contributed by atoms with Crippen molar-refractivity contribution in [1.29, 1.82) is 0 Å². The van der Waals surface area contributed by atoms with Crippen LogP contribution in [0, 0.1) is 6.92 Å². The molecule has 0 bridgehead atoms. The van der Waals surface area contributed by atoms with E-state index in [0.717, 1.165) is 10.9 Å². The fraction of sp³-hybridized carbons (Fsp3) is 0.312.